The van der Waals surface area contributed by atoms with Crippen LogP contribution in [0.4, 0.5) is 0 Å². The number of fused-ring (bicyclic) bond motifs is 1. The van der Waals surface area contributed by atoms with E-state index in [0.29, 0.717) is 11.5 Å². The number of nitrogens with zero attached hydrogens (tertiary/aromatic N) is 1. The Hall–Kier alpha value is -1.46. The SMILES string of the molecule is O=C(NCC1CNC1)c1ccc2ncsc2c1. The van der Waals surface area contributed by atoms with E-state index in [4.69, 9.17) is 0 Å². The molecule has 0 spiro atoms. The molecule has 17 heavy (non-hydrogen) atoms. The first-order valence-electron chi connectivity index (χ1n) is 5.65. The highest BCUT2D eigenvalue weighted by atomic mass is 32.1. The number of benzene rings is 1. The number of rotatable bonds is 3. The first-order chi connectivity index (χ1) is 8.33. The lowest BCUT2D eigenvalue weighted by Gasteiger charge is -2.27. The molecule has 0 aliphatic carbocycles. The molecule has 1 aromatic heterocycles. The molecule has 0 saturated carbocycles. The molecule has 0 unspecified atom stereocenters. The van der Waals surface area contributed by atoms with Gasteiger partial charge in [-0.25, -0.2) is 4.98 Å². The lowest BCUT2D eigenvalue weighted by molar-refractivity contribution is 0.0942. The van der Waals surface area contributed by atoms with Crippen LogP contribution in [0.3, 0.4) is 0 Å². The van der Waals surface area contributed by atoms with Gasteiger partial charge in [0.1, 0.15) is 0 Å². The zero-order chi connectivity index (χ0) is 11.7. The van der Waals surface area contributed by atoms with Crippen molar-refractivity contribution in [3.05, 3.63) is 29.3 Å². The van der Waals surface area contributed by atoms with E-state index in [1.807, 2.05) is 18.2 Å². The van der Waals surface area contributed by atoms with Crippen molar-refractivity contribution < 1.29 is 4.79 Å². The summed E-state index contributed by atoms with van der Waals surface area (Å²) in [6.07, 6.45) is 0. The number of carbonyl (C=O) groups excluding carboxylic acids is 1. The third-order valence-electron chi connectivity index (χ3n) is 3.01. The largest absolute Gasteiger partial charge is 0.352 e. The minimum absolute atomic E-state index is 0.00667. The molecule has 1 saturated heterocycles. The molecular formula is C12H13N3OS. The number of amides is 1. The van der Waals surface area contributed by atoms with Crippen molar-refractivity contribution in [1.82, 2.24) is 15.6 Å². The first-order valence-corrected chi connectivity index (χ1v) is 6.53. The minimum atomic E-state index is 0.00667. The van der Waals surface area contributed by atoms with Gasteiger partial charge in [0.25, 0.3) is 5.91 Å². The molecule has 0 bridgehead atoms. The van der Waals surface area contributed by atoms with E-state index in [9.17, 15) is 4.79 Å². The summed E-state index contributed by atoms with van der Waals surface area (Å²) < 4.78 is 1.06. The Morgan fingerprint density at radius 1 is 1.53 bits per heavy atom. The highest BCUT2D eigenvalue weighted by Gasteiger charge is 2.17. The van der Waals surface area contributed by atoms with Crippen LogP contribution >= 0.6 is 11.3 Å². The van der Waals surface area contributed by atoms with E-state index in [1.165, 1.54) is 0 Å². The van der Waals surface area contributed by atoms with Crippen LogP contribution in [0.1, 0.15) is 10.4 Å². The summed E-state index contributed by atoms with van der Waals surface area (Å²) in [6, 6.07) is 5.63. The quantitative estimate of drug-likeness (QED) is 0.858. The number of hydrogen-bond acceptors (Lipinski definition) is 4. The predicted molar refractivity (Wildman–Crippen MR) is 68.3 cm³/mol. The van der Waals surface area contributed by atoms with Gasteiger partial charge in [0.05, 0.1) is 15.7 Å². The number of nitrogens with one attached hydrogen (secondary N) is 2. The fourth-order valence-electron chi connectivity index (χ4n) is 1.83. The molecule has 2 aromatic rings. The maximum Gasteiger partial charge on any atom is 0.251 e. The topological polar surface area (TPSA) is 54.0 Å². The molecule has 3 rings (SSSR count). The Balaban J connectivity index is 1.70. The second-order valence-electron chi connectivity index (χ2n) is 4.27. The van der Waals surface area contributed by atoms with Crippen molar-refractivity contribution in [2.45, 2.75) is 0 Å². The molecule has 1 aromatic carbocycles. The summed E-state index contributed by atoms with van der Waals surface area (Å²) in [5.41, 5.74) is 3.47. The lowest BCUT2D eigenvalue weighted by atomic mass is 10.0. The van der Waals surface area contributed by atoms with Gasteiger partial charge in [-0.1, -0.05) is 0 Å². The standard InChI is InChI=1S/C12H13N3OS/c16-12(14-6-8-4-13-5-8)9-1-2-10-11(3-9)17-7-15-10/h1-3,7-8,13H,4-6H2,(H,14,16). The van der Waals surface area contributed by atoms with Crippen molar-refractivity contribution in [3.8, 4) is 0 Å². The van der Waals surface area contributed by atoms with Crippen LogP contribution in [-0.4, -0.2) is 30.5 Å². The zero-order valence-corrected chi connectivity index (χ0v) is 10.1. The normalized spacial score (nSPS) is 15.8. The third-order valence-corrected chi connectivity index (χ3v) is 3.80. The molecule has 2 N–H and O–H groups in total. The second kappa shape index (κ2) is 4.43. The maximum absolute atomic E-state index is 11.9. The van der Waals surface area contributed by atoms with Crippen LogP contribution in [0.2, 0.25) is 0 Å². The third kappa shape index (κ3) is 2.16. The van der Waals surface area contributed by atoms with E-state index < -0.39 is 0 Å². The Morgan fingerprint density at radius 2 is 2.41 bits per heavy atom. The van der Waals surface area contributed by atoms with Gasteiger partial charge in [-0.3, -0.25) is 4.79 Å². The molecular weight excluding hydrogens is 234 g/mol. The van der Waals surface area contributed by atoms with E-state index in [2.05, 4.69) is 15.6 Å². The molecule has 5 heteroatoms. The molecule has 1 fully saturated rings. The number of aromatic nitrogens is 1. The Labute approximate surface area is 103 Å². The van der Waals surface area contributed by atoms with Crippen molar-refractivity contribution >= 4 is 27.5 Å². The highest BCUT2D eigenvalue weighted by Crippen LogP contribution is 2.19. The molecule has 2 heterocycles. The zero-order valence-electron chi connectivity index (χ0n) is 9.27. The van der Waals surface area contributed by atoms with E-state index >= 15 is 0 Å². The monoisotopic (exact) mass is 247 g/mol. The van der Waals surface area contributed by atoms with Crippen LogP contribution in [-0.2, 0) is 0 Å². The summed E-state index contributed by atoms with van der Waals surface area (Å²) in [6.45, 7) is 2.77. The van der Waals surface area contributed by atoms with Crippen LogP contribution in [0.5, 0.6) is 0 Å². The van der Waals surface area contributed by atoms with Gasteiger partial charge in [-0.2, -0.15) is 0 Å². The van der Waals surface area contributed by atoms with Crippen LogP contribution in [0.25, 0.3) is 10.2 Å². The Bertz CT molecular complexity index is 547. The summed E-state index contributed by atoms with van der Waals surface area (Å²) in [4.78, 5) is 16.1. The van der Waals surface area contributed by atoms with Crippen LogP contribution < -0.4 is 10.6 Å². The summed E-state index contributed by atoms with van der Waals surface area (Å²) in [7, 11) is 0. The first kappa shape index (κ1) is 10.7. The van der Waals surface area contributed by atoms with Gasteiger partial charge in [0.15, 0.2) is 0 Å². The van der Waals surface area contributed by atoms with Gasteiger partial charge in [-0.05, 0) is 18.2 Å². The molecule has 0 atom stereocenters. The summed E-state index contributed by atoms with van der Waals surface area (Å²) in [5, 5.41) is 6.15. The van der Waals surface area contributed by atoms with Crippen LogP contribution in [0.15, 0.2) is 23.7 Å². The number of carbonyl (C=O) groups is 1. The van der Waals surface area contributed by atoms with E-state index in [-0.39, 0.29) is 5.91 Å². The van der Waals surface area contributed by atoms with Gasteiger partial charge in [0.2, 0.25) is 0 Å². The smallest absolute Gasteiger partial charge is 0.251 e. The van der Waals surface area contributed by atoms with Crippen molar-refractivity contribution in [3.63, 3.8) is 0 Å². The summed E-state index contributed by atoms with van der Waals surface area (Å²) in [5.74, 6) is 0.596. The fourth-order valence-corrected chi connectivity index (χ4v) is 2.54. The molecule has 1 amide bonds. The fraction of sp³-hybridized carbons (Fsp3) is 0.333. The van der Waals surface area contributed by atoms with E-state index in [0.717, 1.165) is 29.9 Å². The number of hydrogen-bond donors (Lipinski definition) is 2. The lowest BCUT2D eigenvalue weighted by Crippen LogP contribution is -2.48. The minimum Gasteiger partial charge on any atom is -0.352 e. The summed E-state index contributed by atoms with van der Waals surface area (Å²) >= 11 is 1.56. The second-order valence-corrected chi connectivity index (χ2v) is 5.16. The maximum atomic E-state index is 11.9. The molecule has 4 nitrogen and oxygen atoms in total. The van der Waals surface area contributed by atoms with Crippen LogP contribution in [0, 0.1) is 5.92 Å². The van der Waals surface area contributed by atoms with Crippen molar-refractivity contribution in [2.24, 2.45) is 5.92 Å². The van der Waals surface area contributed by atoms with Crippen molar-refractivity contribution in [2.75, 3.05) is 19.6 Å². The molecule has 88 valence electrons. The molecule has 1 aliphatic rings. The predicted octanol–water partition coefficient (Wildman–Crippen LogP) is 1.25. The average Bonchev–Trinajstić information content (AvgIpc) is 2.73. The molecule has 1 aliphatic heterocycles. The van der Waals surface area contributed by atoms with Crippen molar-refractivity contribution in [1.29, 1.82) is 0 Å². The van der Waals surface area contributed by atoms with Gasteiger partial charge in [0, 0.05) is 31.1 Å². The van der Waals surface area contributed by atoms with Gasteiger partial charge < -0.3 is 10.6 Å². The Morgan fingerprint density at radius 3 is 3.18 bits per heavy atom. The van der Waals surface area contributed by atoms with Gasteiger partial charge in [-0.15, -0.1) is 11.3 Å². The highest BCUT2D eigenvalue weighted by molar-refractivity contribution is 7.16. The number of thiazole rings is 1. The van der Waals surface area contributed by atoms with E-state index in [1.54, 1.807) is 16.8 Å². The van der Waals surface area contributed by atoms with Gasteiger partial charge >= 0.3 is 0 Å². The average molecular weight is 247 g/mol. The Kier molecular flexibility index (Phi) is 2.78. The molecule has 0 radical (unpaired) electrons.